The van der Waals surface area contributed by atoms with Crippen molar-refractivity contribution in [1.82, 2.24) is 4.90 Å². The summed E-state index contributed by atoms with van der Waals surface area (Å²) in [6.45, 7) is 4.38. The van der Waals surface area contributed by atoms with Crippen LogP contribution in [0.1, 0.15) is 34.0 Å². The fraction of sp³-hybridized carbons (Fsp3) is 0.222. The molecule has 0 unspecified atom stereocenters. The fourth-order valence-electron chi connectivity index (χ4n) is 3.83. The molecule has 3 aromatic carbocycles. The molecule has 0 saturated heterocycles. The van der Waals surface area contributed by atoms with Gasteiger partial charge in [-0.3, -0.25) is 9.69 Å². The van der Waals surface area contributed by atoms with Gasteiger partial charge in [-0.15, -0.1) is 0 Å². The van der Waals surface area contributed by atoms with Gasteiger partial charge in [0.25, 0.3) is 0 Å². The number of aromatic hydroxyl groups is 1. The third kappa shape index (κ3) is 4.86. The summed E-state index contributed by atoms with van der Waals surface area (Å²) in [5.74, 6) is 1.50. The Hall–Kier alpha value is -3.77. The summed E-state index contributed by atoms with van der Waals surface area (Å²) in [7, 11) is 3.05. The molecule has 3 aromatic rings. The molecule has 0 bridgehead atoms. The summed E-state index contributed by atoms with van der Waals surface area (Å²) in [4.78, 5) is 15.1. The van der Waals surface area contributed by atoms with Crippen LogP contribution in [0.3, 0.4) is 0 Å². The molecule has 1 heterocycles. The van der Waals surface area contributed by atoms with E-state index in [1.807, 2.05) is 30.3 Å². The van der Waals surface area contributed by atoms with E-state index in [0.29, 0.717) is 34.9 Å². The highest BCUT2D eigenvalue weighted by atomic mass is 16.5. The maximum absolute atomic E-state index is 12.8. The van der Waals surface area contributed by atoms with Crippen molar-refractivity contribution in [2.75, 3.05) is 20.8 Å². The van der Waals surface area contributed by atoms with Crippen LogP contribution in [0, 0.1) is 0 Å². The molecule has 0 radical (unpaired) electrons. The SMILES string of the molecule is CCN(Cc1ccccc1)Cc1ccc(/C=C2\Oc3cc(OC)c(OC)cc3C2=O)cc1O. The van der Waals surface area contributed by atoms with Gasteiger partial charge in [0.2, 0.25) is 5.78 Å². The number of fused-ring (bicyclic) bond motifs is 1. The molecule has 6 heteroatoms. The number of carbonyl (C=O) groups is 1. The Kier molecular flexibility index (Phi) is 6.66. The molecule has 0 spiro atoms. The smallest absolute Gasteiger partial charge is 0.232 e. The lowest BCUT2D eigenvalue weighted by Gasteiger charge is -2.21. The van der Waals surface area contributed by atoms with E-state index in [1.165, 1.54) is 19.8 Å². The minimum atomic E-state index is -0.241. The molecule has 1 N–H and O–H groups in total. The number of benzene rings is 3. The molecule has 0 saturated carbocycles. The van der Waals surface area contributed by atoms with E-state index in [0.717, 1.165) is 18.7 Å². The van der Waals surface area contributed by atoms with Gasteiger partial charge in [0.1, 0.15) is 11.5 Å². The summed E-state index contributed by atoms with van der Waals surface area (Å²) in [6, 6.07) is 18.9. The predicted octanol–water partition coefficient (Wildman–Crippen LogP) is 5.05. The molecule has 0 amide bonds. The molecule has 0 aliphatic carbocycles. The predicted molar refractivity (Wildman–Crippen MR) is 127 cm³/mol. The number of hydrogen-bond acceptors (Lipinski definition) is 6. The van der Waals surface area contributed by atoms with Crippen LogP contribution >= 0.6 is 0 Å². The molecule has 6 nitrogen and oxygen atoms in total. The van der Waals surface area contributed by atoms with Gasteiger partial charge in [-0.25, -0.2) is 0 Å². The van der Waals surface area contributed by atoms with Crippen LogP contribution in [0.5, 0.6) is 23.0 Å². The average Bonchev–Trinajstić information content (AvgIpc) is 3.13. The number of hydrogen-bond donors (Lipinski definition) is 1. The lowest BCUT2D eigenvalue weighted by Crippen LogP contribution is -2.22. The molecular weight excluding hydrogens is 418 g/mol. The number of methoxy groups -OCH3 is 2. The highest BCUT2D eigenvalue weighted by Gasteiger charge is 2.29. The minimum absolute atomic E-state index is 0.183. The number of phenolic OH excluding ortho intramolecular Hbond substituents is 1. The van der Waals surface area contributed by atoms with Gasteiger partial charge >= 0.3 is 0 Å². The monoisotopic (exact) mass is 445 g/mol. The van der Waals surface area contributed by atoms with Crippen LogP contribution in [0.15, 0.2) is 66.4 Å². The lowest BCUT2D eigenvalue weighted by atomic mass is 10.1. The molecule has 1 aliphatic heterocycles. The van der Waals surface area contributed by atoms with E-state index < -0.39 is 0 Å². The number of Topliss-reactive ketones (excluding diaryl/α,β-unsaturated/α-hetero) is 1. The first kappa shape index (κ1) is 22.4. The number of allylic oxidation sites excluding steroid dienone is 1. The Balaban J connectivity index is 1.51. The van der Waals surface area contributed by atoms with Crippen molar-refractivity contribution in [3.63, 3.8) is 0 Å². The molecular formula is C27H27NO5. The summed E-state index contributed by atoms with van der Waals surface area (Å²) >= 11 is 0. The summed E-state index contributed by atoms with van der Waals surface area (Å²) in [5, 5.41) is 10.6. The van der Waals surface area contributed by atoms with Crippen LogP contribution in [0.2, 0.25) is 0 Å². The van der Waals surface area contributed by atoms with Crippen molar-refractivity contribution >= 4 is 11.9 Å². The first-order valence-corrected chi connectivity index (χ1v) is 10.8. The van der Waals surface area contributed by atoms with Crippen molar-refractivity contribution < 1.29 is 24.1 Å². The second-order valence-corrected chi connectivity index (χ2v) is 7.82. The molecule has 1 aliphatic rings. The Bertz CT molecular complexity index is 1190. The van der Waals surface area contributed by atoms with Gasteiger partial charge in [0, 0.05) is 24.7 Å². The van der Waals surface area contributed by atoms with Crippen LogP contribution in [-0.2, 0) is 13.1 Å². The van der Waals surface area contributed by atoms with Gasteiger partial charge in [-0.2, -0.15) is 0 Å². The number of rotatable bonds is 8. The second kappa shape index (κ2) is 9.79. The third-order valence-corrected chi connectivity index (χ3v) is 5.67. The molecule has 0 aromatic heterocycles. The highest BCUT2D eigenvalue weighted by molar-refractivity contribution is 6.14. The van der Waals surface area contributed by atoms with Gasteiger partial charge in [0.05, 0.1) is 19.8 Å². The lowest BCUT2D eigenvalue weighted by molar-refractivity contribution is 0.101. The van der Waals surface area contributed by atoms with Crippen LogP contribution < -0.4 is 14.2 Å². The molecule has 170 valence electrons. The first-order valence-electron chi connectivity index (χ1n) is 10.8. The normalized spacial score (nSPS) is 13.8. The zero-order valence-electron chi connectivity index (χ0n) is 19.0. The zero-order chi connectivity index (χ0) is 23.4. The topological polar surface area (TPSA) is 68.2 Å². The van der Waals surface area contributed by atoms with E-state index in [9.17, 15) is 9.90 Å². The standard InChI is InChI=1S/C27H27NO5/c1-4-28(16-18-8-6-5-7-9-18)17-20-11-10-19(12-22(20)29)13-26-27(30)21-14-24(31-2)25(32-3)15-23(21)33-26/h5-15,29H,4,16-17H2,1-3H3/b26-13-. The fourth-order valence-corrected chi connectivity index (χ4v) is 3.83. The number of ketones is 1. The minimum Gasteiger partial charge on any atom is -0.508 e. The molecule has 33 heavy (non-hydrogen) atoms. The van der Waals surface area contributed by atoms with Crippen molar-refractivity contribution in [3.8, 4) is 23.0 Å². The Morgan fingerprint density at radius 2 is 1.70 bits per heavy atom. The second-order valence-electron chi connectivity index (χ2n) is 7.82. The number of ether oxygens (including phenoxy) is 3. The quantitative estimate of drug-likeness (QED) is 0.490. The summed E-state index contributed by atoms with van der Waals surface area (Å²) in [5.41, 5.74) is 3.15. The van der Waals surface area contributed by atoms with Crippen molar-refractivity contribution in [3.05, 3.63) is 88.7 Å². The largest absolute Gasteiger partial charge is 0.508 e. The van der Waals surface area contributed by atoms with Crippen molar-refractivity contribution in [1.29, 1.82) is 0 Å². The zero-order valence-corrected chi connectivity index (χ0v) is 19.0. The number of phenols is 1. The maximum Gasteiger partial charge on any atom is 0.232 e. The Morgan fingerprint density at radius 1 is 0.970 bits per heavy atom. The summed E-state index contributed by atoms with van der Waals surface area (Å²) < 4.78 is 16.3. The summed E-state index contributed by atoms with van der Waals surface area (Å²) in [6.07, 6.45) is 1.63. The van der Waals surface area contributed by atoms with E-state index in [2.05, 4.69) is 24.0 Å². The van der Waals surface area contributed by atoms with Crippen LogP contribution in [0.25, 0.3) is 6.08 Å². The molecule has 4 rings (SSSR count). The third-order valence-electron chi connectivity index (χ3n) is 5.67. The van der Waals surface area contributed by atoms with E-state index in [4.69, 9.17) is 14.2 Å². The van der Waals surface area contributed by atoms with E-state index >= 15 is 0 Å². The van der Waals surface area contributed by atoms with Crippen molar-refractivity contribution in [2.24, 2.45) is 0 Å². The average molecular weight is 446 g/mol. The maximum atomic E-state index is 12.8. The molecule has 0 fully saturated rings. The van der Waals surface area contributed by atoms with Crippen molar-refractivity contribution in [2.45, 2.75) is 20.0 Å². The van der Waals surface area contributed by atoms with E-state index in [1.54, 1.807) is 24.3 Å². The van der Waals surface area contributed by atoms with Gasteiger partial charge < -0.3 is 19.3 Å². The van der Waals surface area contributed by atoms with Gasteiger partial charge in [0.15, 0.2) is 17.3 Å². The molecule has 0 atom stereocenters. The Labute approximate surface area is 193 Å². The van der Waals surface area contributed by atoms with Crippen LogP contribution in [-0.4, -0.2) is 36.6 Å². The number of nitrogens with zero attached hydrogens (tertiary/aromatic N) is 1. The first-order chi connectivity index (χ1) is 16.0. The van der Waals surface area contributed by atoms with E-state index in [-0.39, 0.29) is 17.3 Å². The number of carbonyl (C=O) groups excluding carboxylic acids is 1. The van der Waals surface area contributed by atoms with Gasteiger partial charge in [-0.05, 0) is 35.9 Å². The Morgan fingerprint density at radius 3 is 2.36 bits per heavy atom. The van der Waals surface area contributed by atoms with Crippen LogP contribution in [0.4, 0.5) is 0 Å². The van der Waals surface area contributed by atoms with Gasteiger partial charge in [-0.1, -0.05) is 49.4 Å². The highest BCUT2D eigenvalue weighted by Crippen LogP contribution is 2.40.